The number of carbonyl (C=O) groups excluding carboxylic acids is 1. The van der Waals surface area contributed by atoms with E-state index < -0.39 is 0 Å². The molecule has 2 aromatic carbocycles. The molecule has 2 rings (SSSR count). The van der Waals surface area contributed by atoms with Crippen LogP contribution in [0.2, 0.25) is 0 Å². The minimum absolute atomic E-state index is 0.186. The molecule has 0 aliphatic heterocycles. The maximum atomic E-state index is 11.7. The lowest BCUT2D eigenvalue weighted by Gasteiger charge is -2.06. The van der Waals surface area contributed by atoms with Crippen molar-refractivity contribution in [1.29, 1.82) is 0 Å². The molecule has 0 bridgehead atoms. The fourth-order valence-corrected chi connectivity index (χ4v) is 1.79. The molecule has 3 nitrogen and oxygen atoms in total. The summed E-state index contributed by atoms with van der Waals surface area (Å²) in [7, 11) is 1.62. The normalized spacial score (nSPS) is 10.1. The number of esters is 1. The summed E-state index contributed by atoms with van der Waals surface area (Å²) < 4.78 is 10.3. The number of hydrogen-bond acceptors (Lipinski definition) is 3. The molecule has 0 aliphatic carbocycles. The van der Waals surface area contributed by atoms with Gasteiger partial charge in [0.2, 0.25) is 0 Å². The Bertz CT molecular complexity index is 532. The van der Waals surface area contributed by atoms with Gasteiger partial charge in [-0.1, -0.05) is 36.4 Å². The molecule has 103 valence electrons. The van der Waals surface area contributed by atoms with Crippen LogP contribution in [0, 0.1) is 6.07 Å². The first-order chi connectivity index (χ1) is 9.78. The van der Waals surface area contributed by atoms with E-state index in [2.05, 4.69) is 6.07 Å². The summed E-state index contributed by atoms with van der Waals surface area (Å²) in [4.78, 5) is 11.7. The second kappa shape index (κ2) is 7.34. The molecule has 0 spiro atoms. The molecule has 1 radical (unpaired) electrons. The van der Waals surface area contributed by atoms with E-state index in [0.717, 1.165) is 16.9 Å². The van der Waals surface area contributed by atoms with Gasteiger partial charge in [-0.05, 0) is 35.7 Å². The number of hydrogen-bond donors (Lipinski definition) is 0. The van der Waals surface area contributed by atoms with Gasteiger partial charge in [0.05, 0.1) is 7.11 Å². The highest BCUT2D eigenvalue weighted by atomic mass is 16.5. The largest absolute Gasteiger partial charge is 0.497 e. The molecule has 20 heavy (non-hydrogen) atoms. The molecular weight excluding hydrogens is 252 g/mol. The third-order valence-electron chi connectivity index (χ3n) is 2.96. The van der Waals surface area contributed by atoms with Gasteiger partial charge in [0.15, 0.2) is 0 Å². The highest BCUT2D eigenvalue weighted by Crippen LogP contribution is 2.12. The fraction of sp³-hybridized carbons (Fsp3) is 0.235. The zero-order valence-corrected chi connectivity index (χ0v) is 11.5. The summed E-state index contributed by atoms with van der Waals surface area (Å²) >= 11 is 0. The van der Waals surface area contributed by atoms with E-state index in [4.69, 9.17) is 9.47 Å². The number of rotatable bonds is 6. The molecule has 0 fully saturated rings. The monoisotopic (exact) mass is 269 g/mol. The van der Waals surface area contributed by atoms with Gasteiger partial charge in [0.1, 0.15) is 12.4 Å². The predicted molar refractivity (Wildman–Crippen MR) is 76.4 cm³/mol. The van der Waals surface area contributed by atoms with Crippen LogP contribution in [-0.4, -0.2) is 13.1 Å². The molecule has 0 saturated carbocycles. The zero-order chi connectivity index (χ0) is 14.2. The summed E-state index contributed by atoms with van der Waals surface area (Å²) in [6, 6.07) is 18.0. The summed E-state index contributed by atoms with van der Waals surface area (Å²) in [5.74, 6) is 0.606. The Kier molecular flexibility index (Phi) is 5.18. The first-order valence-corrected chi connectivity index (χ1v) is 6.51. The van der Waals surface area contributed by atoms with E-state index >= 15 is 0 Å². The molecule has 2 aromatic rings. The molecule has 0 atom stereocenters. The Morgan fingerprint density at radius 1 is 1.05 bits per heavy atom. The van der Waals surface area contributed by atoms with Crippen molar-refractivity contribution in [3.63, 3.8) is 0 Å². The van der Waals surface area contributed by atoms with Crippen molar-refractivity contribution in [3.8, 4) is 5.75 Å². The van der Waals surface area contributed by atoms with Crippen molar-refractivity contribution >= 4 is 5.97 Å². The quantitative estimate of drug-likeness (QED) is 0.756. The van der Waals surface area contributed by atoms with Crippen LogP contribution < -0.4 is 4.74 Å². The second-order valence-electron chi connectivity index (χ2n) is 4.42. The Morgan fingerprint density at radius 3 is 2.40 bits per heavy atom. The first kappa shape index (κ1) is 14.1. The Morgan fingerprint density at radius 2 is 1.75 bits per heavy atom. The van der Waals surface area contributed by atoms with Crippen molar-refractivity contribution in [2.75, 3.05) is 7.11 Å². The standard InChI is InChI=1S/C17H17O3/c1-19-16-10-7-15(8-11-16)13-20-17(18)12-9-14-5-3-2-4-6-14/h3-8,10-11H,9,12-13H2,1H3. The van der Waals surface area contributed by atoms with Crippen LogP contribution in [0.15, 0.2) is 48.5 Å². The number of ether oxygens (including phenoxy) is 2. The van der Waals surface area contributed by atoms with E-state index in [1.165, 1.54) is 0 Å². The van der Waals surface area contributed by atoms with Gasteiger partial charge in [-0.2, -0.15) is 0 Å². The van der Waals surface area contributed by atoms with Crippen molar-refractivity contribution in [1.82, 2.24) is 0 Å². The Hall–Kier alpha value is -2.29. The average Bonchev–Trinajstić information content (AvgIpc) is 2.52. The molecule has 0 heterocycles. The van der Waals surface area contributed by atoms with Gasteiger partial charge >= 0.3 is 5.97 Å². The van der Waals surface area contributed by atoms with E-state index in [0.29, 0.717) is 19.4 Å². The predicted octanol–water partition coefficient (Wildman–Crippen LogP) is 3.17. The van der Waals surface area contributed by atoms with Crippen molar-refractivity contribution in [2.24, 2.45) is 0 Å². The molecule has 0 aliphatic rings. The summed E-state index contributed by atoms with van der Waals surface area (Å²) in [6.45, 7) is 0.297. The molecule has 0 N–H and O–H groups in total. The van der Waals surface area contributed by atoms with Gasteiger partial charge in [-0.15, -0.1) is 0 Å². The number of carbonyl (C=O) groups is 1. The Balaban J connectivity index is 1.74. The van der Waals surface area contributed by atoms with Crippen LogP contribution in [0.4, 0.5) is 0 Å². The van der Waals surface area contributed by atoms with Crippen molar-refractivity contribution in [2.45, 2.75) is 19.4 Å². The van der Waals surface area contributed by atoms with Crippen molar-refractivity contribution in [3.05, 3.63) is 65.7 Å². The second-order valence-corrected chi connectivity index (χ2v) is 4.42. The van der Waals surface area contributed by atoms with Gasteiger partial charge in [-0.3, -0.25) is 4.79 Å². The summed E-state index contributed by atoms with van der Waals surface area (Å²) in [5, 5.41) is 0. The smallest absolute Gasteiger partial charge is 0.306 e. The van der Waals surface area contributed by atoms with Crippen LogP contribution in [0.25, 0.3) is 0 Å². The minimum Gasteiger partial charge on any atom is -0.497 e. The molecule has 3 heteroatoms. The van der Waals surface area contributed by atoms with E-state index in [1.54, 1.807) is 7.11 Å². The van der Waals surface area contributed by atoms with Crippen molar-refractivity contribution < 1.29 is 14.3 Å². The van der Waals surface area contributed by atoms with Gasteiger partial charge in [-0.25, -0.2) is 0 Å². The highest BCUT2D eigenvalue weighted by molar-refractivity contribution is 5.69. The van der Waals surface area contributed by atoms with E-state index in [9.17, 15) is 4.79 Å². The van der Waals surface area contributed by atoms with Gasteiger partial charge in [0, 0.05) is 6.42 Å². The highest BCUT2D eigenvalue weighted by Gasteiger charge is 2.04. The zero-order valence-electron chi connectivity index (χ0n) is 11.5. The van der Waals surface area contributed by atoms with Gasteiger partial charge < -0.3 is 9.47 Å². The topological polar surface area (TPSA) is 35.5 Å². The Labute approximate surface area is 119 Å². The SMILES string of the molecule is COc1ccc(COC(=O)CCc2cc[c]cc2)cc1. The van der Waals surface area contributed by atoms with Gasteiger partial charge in [0.25, 0.3) is 0 Å². The maximum absolute atomic E-state index is 11.7. The summed E-state index contributed by atoms with van der Waals surface area (Å²) in [5.41, 5.74) is 2.07. The first-order valence-electron chi connectivity index (χ1n) is 6.51. The molecule has 0 amide bonds. The van der Waals surface area contributed by atoms with Crippen LogP contribution in [0.1, 0.15) is 17.5 Å². The maximum Gasteiger partial charge on any atom is 0.306 e. The van der Waals surface area contributed by atoms with Crippen LogP contribution in [0.5, 0.6) is 5.75 Å². The van der Waals surface area contributed by atoms with Crippen LogP contribution >= 0.6 is 0 Å². The van der Waals surface area contributed by atoms with E-state index in [1.807, 2.05) is 48.5 Å². The molecule has 0 aromatic heterocycles. The lowest BCUT2D eigenvalue weighted by molar-refractivity contribution is -0.144. The van der Waals surface area contributed by atoms with Crippen LogP contribution in [0.3, 0.4) is 0 Å². The molecule has 0 saturated heterocycles. The molecule has 0 unspecified atom stereocenters. The third-order valence-corrected chi connectivity index (χ3v) is 2.96. The number of aryl methyl sites for hydroxylation is 1. The number of benzene rings is 2. The fourth-order valence-electron chi connectivity index (χ4n) is 1.79. The molecular formula is C17H17O3. The van der Waals surface area contributed by atoms with E-state index in [-0.39, 0.29) is 5.97 Å². The number of methoxy groups -OCH3 is 1. The van der Waals surface area contributed by atoms with Crippen LogP contribution in [-0.2, 0) is 22.6 Å². The third kappa shape index (κ3) is 4.43. The lowest BCUT2D eigenvalue weighted by Crippen LogP contribution is -2.05. The minimum atomic E-state index is -0.186. The average molecular weight is 269 g/mol. The summed E-state index contributed by atoms with van der Waals surface area (Å²) in [6.07, 6.45) is 1.08. The lowest BCUT2D eigenvalue weighted by atomic mass is 10.1.